The predicted octanol–water partition coefficient (Wildman–Crippen LogP) is 6.79. The molecule has 1 aliphatic heterocycles. The second-order valence-corrected chi connectivity index (χ2v) is 51.6. The Balaban J connectivity index is 0.00000180. The summed E-state index contributed by atoms with van der Waals surface area (Å²) in [5.41, 5.74) is 0. The van der Waals surface area contributed by atoms with Gasteiger partial charge in [0.05, 0.1) is 0 Å². The summed E-state index contributed by atoms with van der Waals surface area (Å²) in [6.07, 6.45) is 16.3. The topological polar surface area (TPSA) is 0 Å². The van der Waals surface area contributed by atoms with E-state index in [1.807, 2.05) is 0 Å². The minimum absolute atomic E-state index is 0. The van der Waals surface area contributed by atoms with Gasteiger partial charge in [-0.25, -0.2) is 0 Å². The summed E-state index contributed by atoms with van der Waals surface area (Å²) in [6.45, 7) is 3.07. The zero-order valence-electron chi connectivity index (χ0n) is 13.8. The molecule has 0 aromatic rings. The molecule has 0 bridgehead atoms. The normalized spacial score (nSPS) is 23.3. The van der Waals surface area contributed by atoms with E-state index in [0.717, 1.165) is 6.42 Å². The van der Waals surface area contributed by atoms with Crippen molar-refractivity contribution in [1.82, 2.24) is 0 Å². The Labute approximate surface area is 132 Å². The molecule has 0 amide bonds. The van der Waals surface area contributed by atoms with E-state index in [0.29, 0.717) is 6.71 Å². The molecular formula is C16H30BCl2Zr. The standard InChI is InChI=1S/C6H8B.C5H5.5CH3.2ClH.Zr/c1-7-5-3-2-4-6-7;1-2-4-5-3-1;;;;;;;;/h2-4H,5H2,1H3;1-3H,4H2;5*1H3;2*1H;. The van der Waals surface area contributed by atoms with Crippen LogP contribution in [0, 0.1) is 0 Å². The fraction of sp³-hybridized carbons (Fsp3) is 0.500. The van der Waals surface area contributed by atoms with Crippen LogP contribution in [0.15, 0.2) is 42.9 Å². The average molecular weight is 395 g/mol. The van der Waals surface area contributed by atoms with Crippen molar-refractivity contribution in [3.63, 3.8) is 0 Å². The maximum Gasteiger partial charge on any atom is -0.147 e. The van der Waals surface area contributed by atoms with E-state index in [2.05, 4.69) is 66.4 Å². The third-order valence-corrected chi connectivity index (χ3v) is 24.6. The molecule has 0 aromatic carbocycles. The molecular weight excluding hydrogens is 365 g/mol. The smallest absolute Gasteiger partial charge is 0.147 e. The van der Waals surface area contributed by atoms with Crippen molar-refractivity contribution in [2.75, 3.05) is 0 Å². The molecule has 0 aromatic heterocycles. The first-order valence-corrected chi connectivity index (χ1v) is 22.1. The van der Waals surface area contributed by atoms with Crippen molar-refractivity contribution in [2.24, 2.45) is 0 Å². The molecule has 1 aliphatic carbocycles. The fourth-order valence-corrected chi connectivity index (χ4v) is 20.1. The van der Waals surface area contributed by atoms with Crippen molar-refractivity contribution in [3.05, 3.63) is 42.9 Å². The minimum Gasteiger partial charge on any atom is -0.147 e. The Hall–Kier alpha value is 0.488. The molecule has 0 fully saturated rings. The van der Waals surface area contributed by atoms with Gasteiger partial charge in [0.2, 0.25) is 0 Å². The summed E-state index contributed by atoms with van der Waals surface area (Å²) in [6, 6.07) is 0. The fourth-order valence-electron chi connectivity index (χ4n) is 4.21. The molecule has 0 spiro atoms. The van der Waals surface area contributed by atoms with Crippen LogP contribution < -0.4 is 0 Å². The van der Waals surface area contributed by atoms with Gasteiger partial charge in [0.15, 0.2) is 0 Å². The van der Waals surface area contributed by atoms with Gasteiger partial charge >= 0.3 is 108 Å². The van der Waals surface area contributed by atoms with Gasteiger partial charge in [-0.1, -0.05) is 0 Å². The summed E-state index contributed by atoms with van der Waals surface area (Å²) in [4.78, 5) is 0. The Kier molecular flexibility index (Phi) is 4.61. The molecule has 0 radical (unpaired) electrons. The number of hydrogen-bond acceptors (Lipinski definition) is 0. The van der Waals surface area contributed by atoms with Gasteiger partial charge < -0.3 is 0 Å². The van der Waals surface area contributed by atoms with E-state index in [-0.39, 0.29) is 24.8 Å². The Morgan fingerprint density at radius 1 is 0.900 bits per heavy atom. The number of hydrogen-bond donors (Lipinski definition) is 0. The van der Waals surface area contributed by atoms with E-state index in [4.69, 9.17) is 0 Å². The van der Waals surface area contributed by atoms with Gasteiger partial charge in [-0.2, -0.15) is 0 Å². The molecule has 0 nitrogen and oxygen atoms in total. The van der Waals surface area contributed by atoms with Crippen LogP contribution in [-0.4, -0.2) is 6.71 Å². The van der Waals surface area contributed by atoms with Crippen LogP contribution in [0.4, 0.5) is 0 Å². The van der Waals surface area contributed by atoms with E-state index >= 15 is 0 Å². The predicted molar refractivity (Wildman–Crippen MR) is 99.3 cm³/mol. The maximum atomic E-state index is 2.61. The summed E-state index contributed by atoms with van der Waals surface area (Å²) in [5, 5.41) is 0. The van der Waals surface area contributed by atoms with Gasteiger partial charge in [-0.15, -0.1) is 24.8 Å². The van der Waals surface area contributed by atoms with Crippen LogP contribution in [0.3, 0.4) is 0 Å². The molecule has 4 heteroatoms. The minimum atomic E-state index is -3.94. The molecule has 0 unspecified atom stereocenters. The van der Waals surface area contributed by atoms with Crippen LogP contribution in [0.1, 0.15) is 6.42 Å². The SMILES string of the molecule is CB1CC=CC=[C]1[Zr]([CH3])([CH3])([CH3])([CH3])([CH3])[C]1=CC=CC1.Cl.Cl. The Morgan fingerprint density at radius 2 is 1.45 bits per heavy atom. The van der Waals surface area contributed by atoms with Crippen LogP contribution in [0.25, 0.3) is 0 Å². The van der Waals surface area contributed by atoms with Crippen molar-refractivity contribution in [3.8, 4) is 0 Å². The van der Waals surface area contributed by atoms with Gasteiger partial charge in [-0.05, 0) is 0 Å². The molecule has 0 saturated heterocycles. The molecule has 115 valence electrons. The second-order valence-electron chi connectivity index (χ2n) is 11.1. The van der Waals surface area contributed by atoms with Gasteiger partial charge in [-0.3, -0.25) is 0 Å². The number of halogens is 2. The number of rotatable bonds is 2. The molecule has 1 heterocycles. The largest absolute Gasteiger partial charge is 0.147 e. The van der Waals surface area contributed by atoms with E-state index in [1.54, 1.807) is 6.46 Å². The van der Waals surface area contributed by atoms with Crippen LogP contribution in [-0.2, 0) is 15.8 Å². The molecule has 20 heavy (non-hydrogen) atoms. The Morgan fingerprint density at radius 3 is 1.90 bits per heavy atom. The molecule has 0 atom stereocenters. The summed E-state index contributed by atoms with van der Waals surface area (Å²) < 4.78 is 16.5. The molecule has 0 N–H and O–H groups in total. The molecule has 2 rings (SSSR count). The third kappa shape index (κ3) is 3.13. The molecule has 2 aliphatic rings. The summed E-state index contributed by atoms with van der Waals surface area (Å²) >= 11 is -3.94. The Bertz CT molecular complexity index is 537. The van der Waals surface area contributed by atoms with Crippen LogP contribution in [0.5, 0.6) is 0 Å². The zero-order chi connectivity index (χ0) is 13.8. The van der Waals surface area contributed by atoms with E-state index in [9.17, 15) is 0 Å². The van der Waals surface area contributed by atoms with E-state index < -0.39 is 15.8 Å². The van der Waals surface area contributed by atoms with Crippen molar-refractivity contribution in [2.45, 2.75) is 42.7 Å². The average Bonchev–Trinajstić information content (AvgIpc) is 2.69. The summed E-state index contributed by atoms with van der Waals surface area (Å²) in [7, 11) is 0. The van der Waals surface area contributed by atoms with E-state index in [1.165, 1.54) is 6.32 Å². The van der Waals surface area contributed by atoms with Crippen LogP contribution >= 0.6 is 24.8 Å². The van der Waals surface area contributed by atoms with Crippen molar-refractivity contribution < 1.29 is 15.8 Å². The van der Waals surface area contributed by atoms with Gasteiger partial charge in [0.25, 0.3) is 0 Å². The first kappa shape index (κ1) is 20.5. The van der Waals surface area contributed by atoms with Crippen molar-refractivity contribution >= 4 is 31.5 Å². The van der Waals surface area contributed by atoms with Crippen molar-refractivity contribution in [1.29, 1.82) is 0 Å². The third-order valence-electron chi connectivity index (χ3n) is 5.56. The summed E-state index contributed by atoms with van der Waals surface area (Å²) in [5.74, 6) is 0. The van der Waals surface area contributed by atoms with Gasteiger partial charge in [0.1, 0.15) is 0 Å². The first-order valence-electron chi connectivity index (χ1n) is 7.36. The van der Waals surface area contributed by atoms with Gasteiger partial charge in [0, 0.05) is 0 Å². The maximum absolute atomic E-state index is 3.94. The van der Waals surface area contributed by atoms with Crippen LogP contribution in [0.2, 0.25) is 36.3 Å². The first-order chi connectivity index (χ1) is 7.87. The molecule has 0 saturated carbocycles. The monoisotopic (exact) mass is 393 g/mol. The zero-order valence-corrected chi connectivity index (χ0v) is 17.9. The number of allylic oxidation sites excluding steroid dienone is 7. The second kappa shape index (κ2) is 4.50. The quantitative estimate of drug-likeness (QED) is 0.452.